The Morgan fingerprint density at radius 1 is 1.11 bits per heavy atom. The SMILES string of the molecule is O=Cc1cccc(-c2cc(Cl)cc(C(=O)O)c2)c1. The van der Waals surface area contributed by atoms with E-state index >= 15 is 0 Å². The van der Waals surface area contributed by atoms with Gasteiger partial charge in [0.15, 0.2) is 0 Å². The number of rotatable bonds is 3. The molecule has 0 spiro atoms. The number of halogens is 1. The lowest BCUT2D eigenvalue weighted by Crippen LogP contribution is -1.96. The molecule has 0 aliphatic carbocycles. The number of carboxylic acids is 1. The Morgan fingerprint density at radius 2 is 1.89 bits per heavy atom. The first-order valence-electron chi connectivity index (χ1n) is 5.19. The molecule has 0 fully saturated rings. The van der Waals surface area contributed by atoms with Crippen LogP contribution in [0.4, 0.5) is 0 Å². The van der Waals surface area contributed by atoms with Crippen LogP contribution in [-0.2, 0) is 0 Å². The summed E-state index contributed by atoms with van der Waals surface area (Å²) in [4.78, 5) is 21.7. The molecule has 0 radical (unpaired) electrons. The van der Waals surface area contributed by atoms with Crippen LogP contribution in [0.25, 0.3) is 11.1 Å². The molecule has 2 aromatic rings. The number of aldehydes is 1. The fourth-order valence-electron chi connectivity index (χ4n) is 1.67. The number of aromatic carboxylic acids is 1. The largest absolute Gasteiger partial charge is 0.478 e. The van der Waals surface area contributed by atoms with E-state index in [9.17, 15) is 9.59 Å². The molecule has 0 amide bonds. The van der Waals surface area contributed by atoms with Crippen molar-refractivity contribution in [2.45, 2.75) is 0 Å². The minimum absolute atomic E-state index is 0.119. The molecular weight excluding hydrogens is 252 g/mol. The van der Waals surface area contributed by atoms with E-state index in [0.29, 0.717) is 16.1 Å². The Morgan fingerprint density at radius 3 is 2.56 bits per heavy atom. The minimum atomic E-state index is -1.04. The van der Waals surface area contributed by atoms with Gasteiger partial charge in [-0.3, -0.25) is 4.79 Å². The molecule has 3 nitrogen and oxygen atoms in total. The highest BCUT2D eigenvalue weighted by Crippen LogP contribution is 2.25. The Balaban J connectivity index is 2.55. The van der Waals surface area contributed by atoms with Gasteiger partial charge >= 0.3 is 5.97 Å². The Kier molecular flexibility index (Phi) is 3.44. The number of carbonyl (C=O) groups is 2. The lowest BCUT2D eigenvalue weighted by Gasteiger charge is -2.05. The molecule has 0 atom stereocenters. The third-order valence-corrected chi connectivity index (χ3v) is 2.72. The summed E-state index contributed by atoms with van der Waals surface area (Å²) in [6, 6.07) is 11.5. The van der Waals surface area contributed by atoms with Crippen molar-refractivity contribution in [1.82, 2.24) is 0 Å². The van der Waals surface area contributed by atoms with Crippen LogP contribution in [-0.4, -0.2) is 17.4 Å². The van der Waals surface area contributed by atoms with Crippen molar-refractivity contribution < 1.29 is 14.7 Å². The van der Waals surface area contributed by atoms with Crippen LogP contribution >= 0.6 is 11.6 Å². The van der Waals surface area contributed by atoms with Gasteiger partial charge in [-0.2, -0.15) is 0 Å². The fraction of sp³-hybridized carbons (Fsp3) is 0. The lowest BCUT2D eigenvalue weighted by molar-refractivity contribution is 0.0696. The second-order valence-corrected chi connectivity index (χ2v) is 4.21. The summed E-state index contributed by atoms with van der Waals surface area (Å²) < 4.78 is 0. The van der Waals surface area contributed by atoms with Crippen molar-refractivity contribution in [3.63, 3.8) is 0 Å². The Hall–Kier alpha value is -2.13. The normalized spacial score (nSPS) is 10.1. The first-order chi connectivity index (χ1) is 8.60. The zero-order chi connectivity index (χ0) is 13.1. The van der Waals surface area contributed by atoms with Gasteiger partial charge in [-0.15, -0.1) is 0 Å². The maximum atomic E-state index is 10.9. The Labute approximate surface area is 109 Å². The summed E-state index contributed by atoms with van der Waals surface area (Å²) in [6.07, 6.45) is 0.742. The highest BCUT2D eigenvalue weighted by Gasteiger charge is 2.08. The van der Waals surface area contributed by atoms with Crippen molar-refractivity contribution in [1.29, 1.82) is 0 Å². The minimum Gasteiger partial charge on any atom is -0.478 e. The molecule has 90 valence electrons. The first kappa shape index (κ1) is 12.3. The van der Waals surface area contributed by atoms with Gasteiger partial charge in [0.25, 0.3) is 0 Å². The van der Waals surface area contributed by atoms with E-state index in [4.69, 9.17) is 16.7 Å². The molecule has 0 aliphatic rings. The van der Waals surface area contributed by atoms with Gasteiger partial charge in [0.2, 0.25) is 0 Å². The van der Waals surface area contributed by atoms with E-state index in [1.807, 2.05) is 0 Å². The lowest BCUT2D eigenvalue weighted by atomic mass is 10.0. The number of benzene rings is 2. The Bertz CT molecular complexity index is 620. The highest BCUT2D eigenvalue weighted by molar-refractivity contribution is 6.31. The van der Waals surface area contributed by atoms with Crippen molar-refractivity contribution in [3.8, 4) is 11.1 Å². The highest BCUT2D eigenvalue weighted by atomic mass is 35.5. The van der Waals surface area contributed by atoms with Crippen LogP contribution in [0.2, 0.25) is 5.02 Å². The maximum absolute atomic E-state index is 10.9. The quantitative estimate of drug-likeness (QED) is 0.859. The molecular formula is C14H9ClO3. The van der Waals surface area contributed by atoms with E-state index in [-0.39, 0.29) is 5.56 Å². The summed E-state index contributed by atoms with van der Waals surface area (Å²) >= 11 is 5.88. The monoisotopic (exact) mass is 260 g/mol. The van der Waals surface area contributed by atoms with Crippen LogP contribution in [0.15, 0.2) is 42.5 Å². The van der Waals surface area contributed by atoms with Crippen LogP contribution in [0.1, 0.15) is 20.7 Å². The molecule has 0 heterocycles. The van der Waals surface area contributed by atoms with Gasteiger partial charge in [0, 0.05) is 10.6 Å². The van der Waals surface area contributed by atoms with Gasteiger partial charge in [0.1, 0.15) is 6.29 Å². The number of hydrogen-bond acceptors (Lipinski definition) is 2. The topological polar surface area (TPSA) is 54.4 Å². The van der Waals surface area contributed by atoms with Gasteiger partial charge in [-0.1, -0.05) is 29.8 Å². The average Bonchev–Trinajstić information content (AvgIpc) is 2.38. The molecule has 0 saturated carbocycles. The van der Waals surface area contributed by atoms with E-state index in [1.54, 1.807) is 30.3 Å². The summed E-state index contributed by atoms with van der Waals surface area (Å²) in [6.45, 7) is 0. The number of carboxylic acid groups (broad SMARTS) is 1. The molecule has 0 bridgehead atoms. The summed E-state index contributed by atoms with van der Waals surface area (Å²) in [5.74, 6) is -1.04. The summed E-state index contributed by atoms with van der Waals surface area (Å²) in [5.41, 5.74) is 2.08. The molecule has 0 saturated heterocycles. The first-order valence-corrected chi connectivity index (χ1v) is 5.57. The maximum Gasteiger partial charge on any atom is 0.335 e. The van der Waals surface area contributed by atoms with E-state index < -0.39 is 5.97 Å². The molecule has 1 N–H and O–H groups in total. The second-order valence-electron chi connectivity index (χ2n) is 3.78. The summed E-state index contributed by atoms with van der Waals surface area (Å²) in [7, 11) is 0. The predicted molar refractivity (Wildman–Crippen MR) is 69.2 cm³/mol. The van der Waals surface area contributed by atoms with Crippen molar-refractivity contribution >= 4 is 23.9 Å². The molecule has 0 aromatic heterocycles. The molecule has 0 aliphatic heterocycles. The average molecular weight is 261 g/mol. The molecule has 4 heteroatoms. The van der Waals surface area contributed by atoms with Crippen LogP contribution < -0.4 is 0 Å². The zero-order valence-electron chi connectivity index (χ0n) is 9.26. The fourth-order valence-corrected chi connectivity index (χ4v) is 1.91. The van der Waals surface area contributed by atoms with Gasteiger partial charge in [0.05, 0.1) is 5.56 Å². The van der Waals surface area contributed by atoms with Crippen molar-refractivity contribution in [2.24, 2.45) is 0 Å². The summed E-state index contributed by atoms with van der Waals surface area (Å²) in [5, 5.41) is 9.32. The van der Waals surface area contributed by atoms with Gasteiger partial charge < -0.3 is 5.11 Å². The number of hydrogen-bond donors (Lipinski definition) is 1. The molecule has 0 unspecified atom stereocenters. The van der Waals surface area contributed by atoms with E-state index in [0.717, 1.165) is 11.8 Å². The zero-order valence-corrected chi connectivity index (χ0v) is 10.0. The molecule has 2 rings (SSSR count). The molecule has 18 heavy (non-hydrogen) atoms. The standard InChI is InChI=1S/C14H9ClO3/c15-13-6-11(5-12(7-13)14(17)18)10-3-1-2-9(4-10)8-16/h1-8H,(H,17,18). The van der Waals surface area contributed by atoms with E-state index in [2.05, 4.69) is 0 Å². The van der Waals surface area contributed by atoms with E-state index in [1.165, 1.54) is 12.1 Å². The predicted octanol–water partition coefficient (Wildman–Crippen LogP) is 3.52. The van der Waals surface area contributed by atoms with Gasteiger partial charge in [-0.05, 0) is 35.4 Å². The van der Waals surface area contributed by atoms with Crippen LogP contribution in [0, 0.1) is 0 Å². The molecule has 2 aromatic carbocycles. The van der Waals surface area contributed by atoms with Crippen LogP contribution in [0.5, 0.6) is 0 Å². The smallest absolute Gasteiger partial charge is 0.335 e. The van der Waals surface area contributed by atoms with Gasteiger partial charge in [-0.25, -0.2) is 4.79 Å². The second kappa shape index (κ2) is 5.02. The number of carbonyl (C=O) groups excluding carboxylic acids is 1. The van der Waals surface area contributed by atoms with Crippen LogP contribution in [0.3, 0.4) is 0 Å². The third kappa shape index (κ3) is 2.57. The third-order valence-electron chi connectivity index (χ3n) is 2.50. The van der Waals surface area contributed by atoms with Crippen molar-refractivity contribution in [2.75, 3.05) is 0 Å². The van der Waals surface area contributed by atoms with Crippen molar-refractivity contribution in [3.05, 3.63) is 58.6 Å².